The Morgan fingerprint density at radius 3 is 2.60 bits per heavy atom. The van der Waals surface area contributed by atoms with Crippen LogP contribution >= 0.6 is 0 Å². The summed E-state index contributed by atoms with van der Waals surface area (Å²) in [6.45, 7) is 0. The van der Waals surface area contributed by atoms with E-state index >= 15 is 0 Å². The Morgan fingerprint density at radius 1 is 1.00 bits per heavy atom. The molecule has 0 saturated carbocycles. The lowest BCUT2D eigenvalue weighted by Crippen LogP contribution is -2.08. The monoisotopic (exact) mass is 264 g/mol. The number of fused-ring (bicyclic) bond motifs is 1. The summed E-state index contributed by atoms with van der Waals surface area (Å²) in [5.41, 5.74) is 4.60. The molecule has 0 unspecified atom stereocenters. The molecule has 0 aliphatic heterocycles. The summed E-state index contributed by atoms with van der Waals surface area (Å²) in [5, 5.41) is 4.60. The van der Waals surface area contributed by atoms with Gasteiger partial charge in [0.15, 0.2) is 0 Å². The molecule has 3 aromatic rings. The highest BCUT2D eigenvalue weighted by Crippen LogP contribution is 2.09. The lowest BCUT2D eigenvalue weighted by atomic mass is 10.2. The number of hydrazone groups is 1. The van der Waals surface area contributed by atoms with Gasteiger partial charge in [-0.25, -0.2) is 0 Å². The van der Waals surface area contributed by atoms with Gasteiger partial charge in [-0.2, -0.15) is 5.10 Å². The van der Waals surface area contributed by atoms with Crippen LogP contribution in [0, 0.1) is 0 Å². The van der Waals surface area contributed by atoms with E-state index in [1.54, 1.807) is 12.1 Å². The Kier molecular flexibility index (Phi) is 3.29. The van der Waals surface area contributed by atoms with Crippen LogP contribution < -0.4 is 10.9 Å². The highest BCUT2D eigenvalue weighted by molar-refractivity contribution is 5.86. The molecular formula is C16H12N2O2. The van der Waals surface area contributed by atoms with Crippen LogP contribution in [0.4, 0.5) is 5.69 Å². The zero-order chi connectivity index (χ0) is 13.8. The van der Waals surface area contributed by atoms with Crippen LogP contribution in [-0.2, 0) is 0 Å². The molecule has 1 heterocycles. The molecule has 4 heteroatoms. The number of nitrogens with zero attached hydrogens (tertiary/aromatic N) is 1. The SMILES string of the molecule is O=c1c(/C=N/Nc2ccccc2)coc2ccccc12. The molecule has 0 amide bonds. The number of hydrogen-bond acceptors (Lipinski definition) is 4. The Hall–Kier alpha value is -2.88. The van der Waals surface area contributed by atoms with Crippen molar-refractivity contribution in [2.45, 2.75) is 0 Å². The van der Waals surface area contributed by atoms with Crippen molar-refractivity contribution in [3.8, 4) is 0 Å². The topological polar surface area (TPSA) is 54.6 Å². The van der Waals surface area contributed by atoms with Crippen molar-refractivity contribution in [3.63, 3.8) is 0 Å². The van der Waals surface area contributed by atoms with Crippen molar-refractivity contribution in [1.29, 1.82) is 0 Å². The van der Waals surface area contributed by atoms with Crippen LogP contribution in [0.1, 0.15) is 5.56 Å². The van der Waals surface area contributed by atoms with Gasteiger partial charge in [0.2, 0.25) is 5.43 Å². The van der Waals surface area contributed by atoms with Gasteiger partial charge in [0.05, 0.1) is 22.9 Å². The number of anilines is 1. The van der Waals surface area contributed by atoms with E-state index in [1.807, 2.05) is 42.5 Å². The minimum atomic E-state index is -0.0922. The largest absolute Gasteiger partial charge is 0.463 e. The lowest BCUT2D eigenvalue weighted by molar-refractivity contribution is 0.601. The fraction of sp³-hybridized carbons (Fsp3) is 0. The highest BCUT2D eigenvalue weighted by atomic mass is 16.3. The molecule has 1 N–H and O–H groups in total. The van der Waals surface area contributed by atoms with Gasteiger partial charge in [-0.1, -0.05) is 30.3 Å². The number of hydrogen-bond donors (Lipinski definition) is 1. The fourth-order valence-corrected chi connectivity index (χ4v) is 1.87. The third-order valence-electron chi connectivity index (χ3n) is 2.88. The molecule has 0 aliphatic rings. The van der Waals surface area contributed by atoms with Gasteiger partial charge in [0, 0.05) is 0 Å². The van der Waals surface area contributed by atoms with Crippen molar-refractivity contribution in [2.75, 3.05) is 5.43 Å². The van der Waals surface area contributed by atoms with E-state index in [4.69, 9.17) is 4.42 Å². The van der Waals surface area contributed by atoms with Gasteiger partial charge in [0.25, 0.3) is 0 Å². The van der Waals surface area contributed by atoms with E-state index in [0.29, 0.717) is 16.5 Å². The summed E-state index contributed by atoms with van der Waals surface area (Å²) in [5.74, 6) is 0. The second-order valence-electron chi connectivity index (χ2n) is 4.25. The van der Waals surface area contributed by atoms with Crippen molar-refractivity contribution < 1.29 is 4.42 Å². The number of para-hydroxylation sites is 2. The molecule has 0 bridgehead atoms. The zero-order valence-corrected chi connectivity index (χ0v) is 10.6. The van der Waals surface area contributed by atoms with Crippen LogP contribution in [0.25, 0.3) is 11.0 Å². The van der Waals surface area contributed by atoms with Crippen LogP contribution in [0.3, 0.4) is 0 Å². The second-order valence-corrected chi connectivity index (χ2v) is 4.25. The van der Waals surface area contributed by atoms with Crippen molar-refractivity contribution in [2.24, 2.45) is 5.10 Å². The average Bonchev–Trinajstić information content (AvgIpc) is 2.51. The van der Waals surface area contributed by atoms with Crippen LogP contribution in [0.5, 0.6) is 0 Å². The average molecular weight is 264 g/mol. The molecule has 0 saturated heterocycles. The summed E-state index contributed by atoms with van der Waals surface area (Å²) >= 11 is 0. The smallest absolute Gasteiger partial charge is 0.201 e. The van der Waals surface area contributed by atoms with Gasteiger partial charge in [-0.05, 0) is 24.3 Å². The van der Waals surface area contributed by atoms with Crippen molar-refractivity contribution >= 4 is 22.9 Å². The van der Waals surface area contributed by atoms with E-state index in [0.717, 1.165) is 5.69 Å². The van der Waals surface area contributed by atoms with E-state index in [2.05, 4.69) is 10.5 Å². The summed E-state index contributed by atoms with van der Waals surface area (Å²) in [4.78, 5) is 12.2. The van der Waals surface area contributed by atoms with Gasteiger partial charge in [-0.3, -0.25) is 10.2 Å². The van der Waals surface area contributed by atoms with Crippen LogP contribution in [-0.4, -0.2) is 6.21 Å². The standard InChI is InChI=1S/C16H12N2O2/c19-16-12(10-17-18-13-6-2-1-3-7-13)11-20-15-9-5-4-8-14(15)16/h1-11,18H/b17-10+. The Bertz CT molecular complexity index is 807. The molecular weight excluding hydrogens is 252 g/mol. The molecule has 0 radical (unpaired) electrons. The Labute approximate surface area is 115 Å². The van der Waals surface area contributed by atoms with E-state index < -0.39 is 0 Å². The molecule has 0 atom stereocenters. The molecule has 0 aliphatic carbocycles. The predicted molar refractivity (Wildman–Crippen MR) is 80.1 cm³/mol. The lowest BCUT2D eigenvalue weighted by Gasteiger charge is -1.99. The summed E-state index contributed by atoms with van der Waals surface area (Å²) in [7, 11) is 0. The van der Waals surface area contributed by atoms with E-state index in [1.165, 1.54) is 12.5 Å². The number of benzene rings is 2. The van der Waals surface area contributed by atoms with Crippen LogP contribution in [0.15, 0.2) is 75.2 Å². The first-order chi connectivity index (χ1) is 9.84. The fourth-order valence-electron chi connectivity index (χ4n) is 1.87. The molecule has 2 aromatic carbocycles. The molecule has 1 aromatic heterocycles. The quantitative estimate of drug-likeness (QED) is 0.583. The maximum atomic E-state index is 12.2. The minimum absolute atomic E-state index is 0.0922. The van der Waals surface area contributed by atoms with Crippen LogP contribution in [0.2, 0.25) is 0 Å². The molecule has 3 rings (SSSR count). The van der Waals surface area contributed by atoms with E-state index in [-0.39, 0.29) is 5.43 Å². The third kappa shape index (κ3) is 2.44. The van der Waals surface area contributed by atoms with Crippen molar-refractivity contribution in [3.05, 3.63) is 76.6 Å². The number of nitrogens with one attached hydrogen (secondary N) is 1. The first kappa shape index (κ1) is 12.2. The predicted octanol–water partition coefficient (Wildman–Crippen LogP) is 3.24. The normalized spacial score (nSPS) is 11.0. The Morgan fingerprint density at radius 2 is 1.75 bits per heavy atom. The van der Waals surface area contributed by atoms with Gasteiger partial charge in [0.1, 0.15) is 11.8 Å². The molecule has 98 valence electrons. The van der Waals surface area contributed by atoms with E-state index in [9.17, 15) is 4.79 Å². The van der Waals surface area contributed by atoms with Crippen molar-refractivity contribution in [1.82, 2.24) is 0 Å². The van der Waals surface area contributed by atoms with Gasteiger partial charge in [-0.15, -0.1) is 0 Å². The van der Waals surface area contributed by atoms with Gasteiger partial charge >= 0.3 is 0 Å². The zero-order valence-electron chi connectivity index (χ0n) is 10.6. The molecule has 4 nitrogen and oxygen atoms in total. The highest BCUT2D eigenvalue weighted by Gasteiger charge is 2.03. The number of rotatable bonds is 3. The maximum absolute atomic E-state index is 12.2. The third-order valence-corrected chi connectivity index (χ3v) is 2.88. The molecule has 20 heavy (non-hydrogen) atoms. The first-order valence-corrected chi connectivity index (χ1v) is 6.19. The second kappa shape index (κ2) is 5.40. The first-order valence-electron chi connectivity index (χ1n) is 6.19. The van der Waals surface area contributed by atoms with Gasteiger partial charge < -0.3 is 4.42 Å². The molecule has 0 spiro atoms. The summed E-state index contributed by atoms with van der Waals surface area (Å²) in [6.07, 6.45) is 2.88. The summed E-state index contributed by atoms with van der Waals surface area (Å²) < 4.78 is 5.41. The molecule has 0 fully saturated rings. The minimum Gasteiger partial charge on any atom is -0.463 e. The summed E-state index contributed by atoms with van der Waals surface area (Å²) in [6, 6.07) is 16.7. The maximum Gasteiger partial charge on any atom is 0.201 e. The Balaban J connectivity index is 1.88.